The molecule has 21 heavy (non-hydrogen) atoms. The third-order valence-corrected chi connectivity index (χ3v) is 3.44. The second-order valence-corrected chi connectivity index (χ2v) is 5.22. The highest BCUT2D eigenvalue weighted by molar-refractivity contribution is 6.32. The summed E-state index contributed by atoms with van der Waals surface area (Å²) in [5.74, 6) is 2.13. The van der Waals surface area contributed by atoms with Gasteiger partial charge < -0.3 is 20.1 Å². The lowest BCUT2D eigenvalue weighted by Crippen LogP contribution is -2.37. The van der Waals surface area contributed by atoms with Gasteiger partial charge in [0.1, 0.15) is 13.2 Å². The van der Waals surface area contributed by atoms with Crippen LogP contribution in [0.1, 0.15) is 25.3 Å². The molecule has 0 aromatic heterocycles. The fraction of sp³-hybridized carbons (Fsp3) is 0.533. The highest BCUT2D eigenvalue weighted by Crippen LogP contribution is 2.38. The molecule has 0 amide bonds. The number of unbranched alkanes of at least 4 members (excludes halogenated alkanes) is 1. The van der Waals surface area contributed by atoms with Crippen LogP contribution in [0.25, 0.3) is 0 Å². The van der Waals surface area contributed by atoms with Gasteiger partial charge in [0.05, 0.1) is 5.02 Å². The number of fused-ring (bicyclic) bond motifs is 1. The van der Waals surface area contributed by atoms with Gasteiger partial charge in [-0.2, -0.15) is 0 Å². The second kappa shape index (κ2) is 7.98. The number of hydrogen-bond donors (Lipinski definition) is 2. The number of halogens is 1. The van der Waals surface area contributed by atoms with Crippen molar-refractivity contribution < 1.29 is 9.47 Å². The van der Waals surface area contributed by atoms with E-state index in [1.807, 2.05) is 12.1 Å². The Kier molecular flexibility index (Phi) is 5.99. The summed E-state index contributed by atoms with van der Waals surface area (Å²) < 4.78 is 11.1. The van der Waals surface area contributed by atoms with Crippen molar-refractivity contribution in [3.05, 3.63) is 22.7 Å². The predicted molar refractivity (Wildman–Crippen MR) is 85.6 cm³/mol. The Morgan fingerprint density at radius 1 is 1.29 bits per heavy atom. The lowest BCUT2D eigenvalue weighted by Gasteiger charge is -2.20. The molecule has 2 rings (SSSR count). The molecule has 6 heteroatoms. The number of rotatable bonds is 5. The molecule has 0 bridgehead atoms. The van der Waals surface area contributed by atoms with E-state index >= 15 is 0 Å². The predicted octanol–water partition coefficient (Wildman–Crippen LogP) is 2.58. The quantitative estimate of drug-likeness (QED) is 0.498. The molecular formula is C15H22ClN3O2. The van der Waals surface area contributed by atoms with Gasteiger partial charge in [-0.25, -0.2) is 0 Å². The molecule has 0 saturated heterocycles. The fourth-order valence-electron chi connectivity index (χ4n) is 2.06. The standard InChI is InChI=1S/C15H22ClN3O2/c1-3-4-5-18-15(17-2)19-10-11-8-12(16)14-13(9-11)20-6-7-21-14/h8-9H,3-7,10H2,1-2H3,(H2,17,18,19). The molecule has 0 spiro atoms. The van der Waals surface area contributed by atoms with Crippen LogP contribution in [0, 0.1) is 0 Å². The molecule has 1 aromatic carbocycles. The highest BCUT2D eigenvalue weighted by atomic mass is 35.5. The molecule has 0 unspecified atom stereocenters. The maximum absolute atomic E-state index is 6.22. The Balaban J connectivity index is 1.95. The van der Waals surface area contributed by atoms with Gasteiger partial charge in [-0.3, -0.25) is 4.99 Å². The SMILES string of the molecule is CCCCNC(=NC)NCc1cc(Cl)c2c(c1)OCCO2. The van der Waals surface area contributed by atoms with Crippen molar-refractivity contribution in [2.75, 3.05) is 26.8 Å². The first-order valence-corrected chi connectivity index (χ1v) is 7.65. The smallest absolute Gasteiger partial charge is 0.191 e. The van der Waals surface area contributed by atoms with Crippen LogP contribution in [0.4, 0.5) is 0 Å². The van der Waals surface area contributed by atoms with Crippen LogP contribution in [-0.4, -0.2) is 32.8 Å². The van der Waals surface area contributed by atoms with Crippen LogP contribution < -0.4 is 20.1 Å². The summed E-state index contributed by atoms with van der Waals surface area (Å²) >= 11 is 6.22. The maximum atomic E-state index is 6.22. The van der Waals surface area contributed by atoms with Crippen molar-refractivity contribution in [2.45, 2.75) is 26.3 Å². The van der Waals surface area contributed by atoms with E-state index in [2.05, 4.69) is 22.5 Å². The summed E-state index contributed by atoms with van der Waals surface area (Å²) in [5, 5.41) is 7.11. The van der Waals surface area contributed by atoms with Gasteiger partial charge >= 0.3 is 0 Å². The van der Waals surface area contributed by atoms with Crippen molar-refractivity contribution >= 4 is 17.6 Å². The minimum Gasteiger partial charge on any atom is -0.486 e. The van der Waals surface area contributed by atoms with E-state index in [4.69, 9.17) is 21.1 Å². The molecule has 2 N–H and O–H groups in total. The van der Waals surface area contributed by atoms with E-state index in [1.165, 1.54) is 0 Å². The zero-order valence-corrected chi connectivity index (χ0v) is 13.3. The van der Waals surface area contributed by atoms with Gasteiger partial charge in [0.15, 0.2) is 17.5 Å². The highest BCUT2D eigenvalue weighted by Gasteiger charge is 2.16. The molecule has 0 fully saturated rings. The molecule has 0 atom stereocenters. The van der Waals surface area contributed by atoms with E-state index in [0.29, 0.717) is 36.3 Å². The molecule has 1 aliphatic rings. The summed E-state index contributed by atoms with van der Waals surface area (Å²) in [5.41, 5.74) is 1.03. The average molecular weight is 312 g/mol. The number of nitrogens with one attached hydrogen (secondary N) is 2. The Labute approximate surface area is 130 Å². The zero-order chi connectivity index (χ0) is 15.1. The molecule has 1 aliphatic heterocycles. The minimum atomic E-state index is 0.540. The number of guanidine groups is 1. The topological polar surface area (TPSA) is 54.9 Å². The molecule has 0 saturated carbocycles. The van der Waals surface area contributed by atoms with Gasteiger partial charge in [0.2, 0.25) is 0 Å². The van der Waals surface area contributed by atoms with Crippen molar-refractivity contribution in [2.24, 2.45) is 4.99 Å². The number of hydrogen-bond acceptors (Lipinski definition) is 3. The van der Waals surface area contributed by atoms with E-state index in [1.54, 1.807) is 7.05 Å². The summed E-state index contributed by atoms with van der Waals surface area (Å²) in [6, 6.07) is 3.84. The molecule has 0 aliphatic carbocycles. The van der Waals surface area contributed by atoms with Crippen molar-refractivity contribution in [1.82, 2.24) is 10.6 Å². The normalized spacial score (nSPS) is 14.0. The first kappa shape index (κ1) is 15.8. The van der Waals surface area contributed by atoms with Gasteiger partial charge in [0.25, 0.3) is 0 Å². The summed E-state index contributed by atoms with van der Waals surface area (Å²) in [4.78, 5) is 4.19. The van der Waals surface area contributed by atoms with Crippen molar-refractivity contribution in [1.29, 1.82) is 0 Å². The van der Waals surface area contributed by atoms with Crippen LogP contribution in [0.5, 0.6) is 11.5 Å². The van der Waals surface area contributed by atoms with Gasteiger partial charge in [-0.1, -0.05) is 24.9 Å². The lowest BCUT2D eigenvalue weighted by molar-refractivity contribution is 0.171. The number of benzene rings is 1. The Morgan fingerprint density at radius 2 is 2.10 bits per heavy atom. The zero-order valence-electron chi connectivity index (χ0n) is 12.5. The molecule has 116 valence electrons. The van der Waals surface area contributed by atoms with E-state index < -0.39 is 0 Å². The van der Waals surface area contributed by atoms with Crippen LogP contribution >= 0.6 is 11.6 Å². The monoisotopic (exact) mass is 311 g/mol. The molecule has 5 nitrogen and oxygen atoms in total. The molecule has 1 aromatic rings. The van der Waals surface area contributed by atoms with Gasteiger partial charge in [-0.05, 0) is 24.1 Å². The Morgan fingerprint density at radius 3 is 2.86 bits per heavy atom. The van der Waals surface area contributed by atoms with Crippen molar-refractivity contribution in [3.8, 4) is 11.5 Å². The summed E-state index contributed by atoms with van der Waals surface area (Å²) in [6.07, 6.45) is 2.28. The van der Waals surface area contributed by atoms with Crippen molar-refractivity contribution in [3.63, 3.8) is 0 Å². The second-order valence-electron chi connectivity index (χ2n) is 4.81. The van der Waals surface area contributed by atoms with Gasteiger partial charge in [0, 0.05) is 20.1 Å². The average Bonchev–Trinajstić information content (AvgIpc) is 2.51. The fourth-order valence-corrected chi connectivity index (χ4v) is 2.34. The molecular weight excluding hydrogens is 290 g/mol. The summed E-state index contributed by atoms with van der Waals surface area (Å²) in [6.45, 7) is 4.80. The first-order valence-electron chi connectivity index (χ1n) is 7.27. The molecule has 1 heterocycles. The first-order chi connectivity index (χ1) is 10.2. The van der Waals surface area contributed by atoms with E-state index in [9.17, 15) is 0 Å². The van der Waals surface area contributed by atoms with E-state index in [0.717, 1.165) is 30.9 Å². The number of nitrogens with zero attached hydrogens (tertiary/aromatic N) is 1. The maximum Gasteiger partial charge on any atom is 0.191 e. The Hall–Kier alpha value is -1.62. The lowest BCUT2D eigenvalue weighted by atomic mass is 10.2. The van der Waals surface area contributed by atoms with Crippen LogP contribution in [0.3, 0.4) is 0 Å². The number of aliphatic imine (C=N–C) groups is 1. The van der Waals surface area contributed by atoms with Gasteiger partial charge in [-0.15, -0.1) is 0 Å². The van der Waals surface area contributed by atoms with Crippen LogP contribution in [0.15, 0.2) is 17.1 Å². The van der Waals surface area contributed by atoms with Crippen LogP contribution in [0.2, 0.25) is 5.02 Å². The largest absolute Gasteiger partial charge is 0.486 e. The van der Waals surface area contributed by atoms with Crippen LogP contribution in [-0.2, 0) is 6.54 Å². The van der Waals surface area contributed by atoms with E-state index in [-0.39, 0.29) is 0 Å². The summed E-state index contributed by atoms with van der Waals surface area (Å²) in [7, 11) is 1.76. The number of ether oxygens (including phenoxy) is 2. The minimum absolute atomic E-state index is 0.540. The third-order valence-electron chi connectivity index (χ3n) is 3.16. The molecule has 0 radical (unpaired) electrons. The third kappa shape index (κ3) is 4.43. The Bertz CT molecular complexity index is 506.